The zero-order chi connectivity index (χ0) is 15.3. The molecule has 1 fully saturated rings. The van der Waals surface area contributed by atoms with Crippen molar-refractivity contribution in [3.05, 3.63) is 24.3 Å². The summed E-state index contributed by atoms with van der Waals surface area (Å²) in [4.78, 5) is 0. The maximum Gasteiger partial charge on any atom is 0.217 e. The number of nitrogen functional groups attached to an aromatic ring is 1. The quantitative estimate of drug-likeness (QED) is 0.805. The summed E-state index contributed by atoms with van der Waals surface area (Å²) in [5.41, 5.74) is 6.25. The summed E-state index contributed by atoms with van der Waals surface area (Å²) in [6.07, 6.45) is 0.999. The number of hydrogen-bond donors (Lipinski definition) is 1. The molecule has 0 amide bonds. The molecule has 1 atom stereocenters. The highest BCUT2D eigenvalue weighted by atomic mass is 32.2. The van der Waals surface area contributed by atoms with Crippen molar-refractivity contribution in [1.29, 1.82) is 0 Å². The van der Waals surface area contributed by atoms with Crippen LogP contribution in [0.5, 0.6) is 5.75 Å². The second kappa shape index (κ2) is 7.38. The van der Waals surface area contributed by atoms with E-state index in [1.165, 1.54) is 0 Å². The van der Waals surface area contributed by atoms with E-state index >= 15 is 0 Å². The van der Waals surface area contributed by atoms with Crippen LogP contribution in [-0.4, -0.2) is 49.2 Å². The molecule has 0 aliphatic carbocycles. The number of thioether (sulfide) groups is 1. The van der Waals surface area contributed by atoms with Crippen molar-refractivity contribution in [3.63, 3.8) is 0 Å². The summed E-state index contributed by atoms with van der Waals surface area (Å²) in [7, 11) is -3.23. The van der Waals surface area contributed by atoms with E-state index < -0.39 is 10.0 Å². The first-order valence-electron chi connectivity index (χ1n) is 7.09. The highest BCUT2D eigenvalue weighted by molar-refractivity contribution is 8.00. The Labute approximate surface area is 130 Å². The Morgan fingerprint density at radius 1 is 1.38 bits per heavy atom. The van der Waals surface area contributed by atoms with Gasteiger partial charge in [0.1, 0.15) is 12.4 Å². The van der Waals surface area contributed by atoms with E-state index in [-0.39, 0.29) is 12.4 Å². The van der Waals surface area contributed by atoms with Crippen molar-refractivity contribution in [2.24, 2.45) is 0 Å². The van der Waals surface area contributed by atoms with Gasteiger partial charge in [-0.25, -0.2) is 8.42 Å². The molecule has 0 saturated carbocycles. The standard InChI is InChI=1S/C14H22N2O3S2/c1-2-14-11-16(7-9-20-14)21(17,18)10-8-19-13-5-3-12(15)4-6-13/h3-6,14H,2,7-11,15H2,1H3. The van der Waals surface area contributed by atoms with Gasteiger partial charge in [-0.05, 0) is 30.7 Å². The third-order valence-corrected chi connectivity index (χ3v) is 6.61. The van der Waals surface area contributed by atoms with Gasteiger partial charge < -0.3 is 10.5 Å². The smallest absolute Gasteiger partial charge is 0.217 e. The van der Waals surface area contributed by atoms with Crippen molar-refractivity contribution in [2.45, 2.75) is 18.6 Å². The lowest BCUT2D eigenvalue weighted by atomic mass is 10.3. The minimum atomic E-state index is -3.23. The second-order valence-corrected chi connectivity index (χ2v) is 8.49. The molecule has 0 radical (unpaired) electrons. The number of anilines is 1. The second-order valence-electron chi connectivity index (χ2n) is 4.99. The molecular formula is C14H22N2O3S2. The van der Waals surface area contributed by atoms with Crippen LogP contribution in [0.15, 0.2) is 24.3 Å². The topological polar surface area (TPSA) is 72.6 Å². The van der Waals surface area contributed by atoms with Gasteiger partial charge in [-0.1, -0.05) is 6.92 Å². The lowest BCUT2D eigenvalue weighted by molar-refractivity contribution is 0.334. The summed E-state index contributed by atoms with van der Waals surface area (Å²) in [5.74, 6) is 1.52. The molecule has 0 spiro atoms. The van der Waals surface area contributed by atoms with Gasteiger partial charge in [0, 0.05) is 29.8 Å². The van der Waals surface area contributed by atoms with Crippen LogP contribution < -0.4 is 10.5 Å². The van der Waals surface area contributed by atoms with Gasteiger partial charge in [-0.2, -0.15) is 16.1 Å². The van der Waals surface area contributed by atoms with Crippen LogP contribution in [0.2, 0.25) is 0 Å². The lowest BCUT2D eigenvalue weighted by Gasteiger charge is -2.31. The summed E-state index contributed by atoms with van der Waals surface area (Å²) < 4.78 is 31.7. The summed E-state index contributed by atoms with van der Waals surface area (Å²) in [5, 5.41) is 0.409. The number of sulfonamides is 1. The third-order valence-electron chi connectivity index (χ3n) is 3.44. The first kappa shape index (κ1) is 16.5. The van der Waals surface area contributed by atoms with E-state index in [2.05, 4.69) is 6.92 Å². The number of rotatable bonds is 6. The molecular weight excluding hydrogens is 308 g/mol. The van der Waals surface area contributed by atoms with Crippen LogP contribution >= 0.6 is 11.8 Å². The molecule has 1 aliphatic rings. The number of hydrogen-bond acceptors (Lipinski definition) is 5. The average molecular weight is 330 g/mol. The maximum absolute atomic E-state index is 12.3. The third kappa shape index (κ3) is 4.79. The molecule has 2 N–H and O–H groups in total. The van der Waals surface area contributed by atoms with E-state index in [0.29, 0.717) is 29.8 Å². The molecule has 1 heterocycles. The van der Waals surface area contributed by atoms with Crippen LogP contribution in [0, 0.1) is 0 Å². The number of nitrogens with zero attached hydrogens (tertiary/aromatic N) is 1. The SMILES string of the molecule is CCC1CN(S(=O)(=O)CCOc2ccc(N)cc2)CCS1. The largest absolute Gasteiger partial charge is 0.492 e. The molecule has 1 aromatic rings. The zero-order valence-corrected chi connectivity index (χ0v) is 13.8. The van der Waals surface area contributed by atoms with Crippen LogP contribution in [-0.2, 0) is 10.0 Å². The Bertz CT molecular complexity index is 546. The monoisotopic (exact) mass is 330 g/mol. The van der Waals surface area contributed by atoms with Gasteiger partial charge in [0.05, 0.1) is 5.75 Å². The molecule has 1 saturated heterocycles. The molecule has 0 bridgehead atoms. The predicted molar refractivity (Wildman–Crippen MR) is 88.2 cm³/mol. The van der Waals surface area contributed by atoms with Gasteiger partial charge in [-0.15, -0.1) is 0 Å². The van der Waals surface area contributed by atoms with Gasteiger partial charge in [0.2, 0.25) is 10.0 Å². The van der Waals surface area contributed by atoms with Crippen LogP contribution in [0.3, 0.4) is 0 Å². The van der Waals surface area contributed by atoms with Gasteiger partial charge in [0.15, 0.2) is 0 Å². The minimum absolute atomic E-state index is 0.0124. The van der Waals surface area contributed by atoms with Crippen LogP contribution in [0.25, 0.3) is 0 Å². The first-order valence-corrected chi connectivity index (χ1v) is 9.75. The summed E-state index contributed by atoms with van der Waals surface area (Å²) in [6.45, 7) is 3.47. The van der Waals surface area contributed by atoms with Crippen LogP contribution in [0.4, 0.5) is 5.69 Å². The number of nitrogens with two attached hydrogens (primary N) is 1. The van der Waals surface area contributed by atoms with Gasteiger partial charge >= 0.3 is 0 Å². The van der Waals surface area contributed by atoms with Gasteiger partial charge in [0.25, 0.3) is 0 Å². The minimum Gasteiger partial charge on any atom is -0.492 e. The molecule has 1 aromatic carbocycles. The molecule has 2 rings (SSSR count). The van der Waals surface area contributed by atoms with E-state index in [0.717, 1.165) is 12.2 Å². The Hall–Kier alpha value is -0.920. The Morgan fingerprint density at radius 2 is 2.10 bits per heavy atom. The Kier molecular flexibility index (Phi) is 5.78. The Balaban J connectivity index is 1.84. The predicted octanol–water partition coefficient (Wildman–Crippen LogP) is 1.80. The molecule has 118 valence electrons. The van der Waals surface area contributed by atoms with Crippen molar-refractivity contribution in [1.82, 2.24) is 4.31 Å². The highest BCUT2D eigenvalue weighted by Crippen LogP contribution is 2.23. The van der Waals surface area contributed by atoms with Crippen molar-refractivity contribution < 1.29 is 13.2 Å². The lowest BCUT2D eigenvalue weighted by Crippen LogP contribution is -2.43. The average Bonchev–Trinajstić information content (AvgIpc) is 2.49. The van der Waals surface area contributed by atoms with Crippen molar-refractivity contribution in [2.75, 3.05) is 36.9 Å². The number of benzene rings is 1. The molecule has 21 heavy (non-hydrogen) atoms. The fraction of sp³-hybridized carbons (Fsp3) is 0.571. The zero-order valence-electron chi connectivity index (χ0n) is 12.2. The fourth-order valence-corrected chi connectivity index (χ4v) is 4.87. The van der Waals surface area contributed by atoms with E-state index in [9.17, 15) is 8.42 Å². The molecule has 1 unspecified atom stereocenters. The van der Waals surface area contributed by atoms with Crippen LogP contribution in [0.1, 0.15) is 13.3 Å². The summed E-state index contributed by atoms with van der Waals surface area (Å²) in [6, 6.07) is 6.95. The van der Waals surface area contributed by atoms with E-state index in [4.69, 9.17) is 10.5 Å². The highest BCUT2D eigenvalue weighted by Gasteiger charge is 2.28. The molecule has 0 aromatic heterocycles. The van der Waals surface area contributed by atoms with Crippen molar-refractivity contribution >= 4 is 27.5 Å². The van der Waals surface area contributed by atoms with Gasteiger partial charge in [-0.3, -0.25) is 0 Å². The first-order chi connectivity index (χ1) is 10.0. The molecule has 1 aliphatic heterocycles. The number of ether oxygens (including phenoxy) is 1. The van der Waals surface area contributed by atoms with E-state index in [1.807, 2.05) is 11.8 Å². The fourth-order valence-electron chi connectivity index (χ4n) is 2.15. The molecule has 5 nitrogen and oxygen atoms in total. The maximum atomic E-state index is 12.3. The Morgan fingerprint density at radius 3 is 2.76 bits per heavy atom. The van der Waals surface area contributed by atoms with Crippen molar-refractivity contribution in [3.8, 4) is 5.75 Å². The van der Waals surface area contributed by atoms with E-state index in [1.54, 1.807) is 28.6 Å². The summed E-state index contributed by atoms with van der Waals surface area (Å²) >= 11 is 1.86. The normalized spacial score (nSPS) is 20.3. The molecule has 7 heteroatoms.